The Morgan fingerprint density at radius 2 is 1.12 bits per heavy atom. The van der Waals surface area contributed by atoms with Gasteiger partial charge in [-0.1, -0.05) is 117 Å². The third kappa shape index (κ3) is 12.0. The molecule has 0 spiro atoms. The molecule has 1 N–H and O–H groups in total. The molecule has 5 rings (SSSR count). The summed E-state index contributed by atoms with van der Waals surface area (Å²) in [5.74, 6) is 0.438. The molecule has 3 nitrogen and oxygen atoms in total. The Kier molecular flexibility index (Phi) is 17.4. The van der Waals surface area contributed by atoms with Gasteiger partial charge in [0, 0.05) is 19.6 Å². The molecule has 1 saturated carbocycles. The minimum absolute atomic E-state index is 0. The first-order valence-corrected chi connectivity index (χ1v) is 15.9. The predicted octanol–water partition coefficient (Wildman–Crippen LogP) is 8.58. The molecule has 1 aliphatic carbocycles. The van der Waals surface area contributed by atoms with Crippen molar-refractivity contribution in [3.63, 3.8) is 0 Å². The highest BCUT2D eigenvalue weighted by Crippen LogP contribution is 2.41. The van der Waals surface area contributed by atoms with Gasteiger partial charge in [0.1, 0.15) is 0 Å². The van der Waals surface area contributed by atoms with E-state index in [9.17, 15) is 5.11 Å². The summed E-state index contributed by atoms with van der Waals surface area (Å²) in [5, 5.41) is 11.6. The smallest absolute Gasteiger partial charge is 0.0936 e. The van der Waals surface area contributed by atoms with Gasteiger partial charge in [0.2, 0.25) is 0 Å². The second-order valence-corrected chi connectivity index (χ2v) is 12.1. The van der Waals surface area contributed by atoms with Gasteiger partial charge in [-0.3, -0.25) is 0 Å². The van der Waals surface area contributed by atoms with Crippen LogP contribution in [-0.2, 0) is 18.4 Å². The van der Waals surface area contributed by atoms with Crippen LogP contribution < -0.4 is 0 Å². The Balaban J connectivity index is 0.000000285. The zero-order valence-corrected chi connectivity index (χ0v) is 27.3. The maximum atomic E-state index is 11.6. The molecule has 42 heavy (non-hydrogen) atoms. The zero-order valence-electron chi connectivity index (χ0n) is 25.7. The van der Waals surface area contributed by atoms with Gasteiger partial charge >= 0.3 is 0 Å². The standard InChI is InChI=1S/C20H31NO.C17H21N.2ClH/c22-20(18-10-4-1-5-11-18,19-12-6-2-7-13-19)14-17-21-15-8-3-9-16-21;1-18(14-12-16-8-4-2-5-9-16)15-13-17-10-6-3-7-11-17;;/h1,4-5,10-11,19,22H,2-3,6-9,12-17H2;2-11H,12-15H2,1H3;2*1H. The van der Waals surface area contributed by atoms with Gasteiger partial charge in [0.25, 0.3) is 0 Å². The van der Waals surface area contributed by atoms with E-state index in [1.54, 1.807) is 0 Å². The van der Waals surface area contributed by atoms with Gasteiger partial charge in [-0.05, 0) is 87.7 Å². The molecule has 2 fully saturated rings. The van der Waals surface area contributed by atoms with Gasteiger partial charge in [-0.25, -0.2) is 0 Å². The van der Waals surface area contributed by atoms with Crippen LogP contribution in [0.1, 0.15) is 74.5 Å². The van der Waals surface area contributed by atoms with Crippen LogP contribution in [0.2, 0.25) is 0 Å². The molecule has 1 atom stereocenters. The summed E-state index contributed by atoms with van der Waals surface area (Å²) in [5.41, 5.74) is 3.35. The molecule has 3 aromatic carbocycles. The Morgan fingerprint density at radius 3 is 1.62 bits per heavy atom. The third-order valence-corrected chi connectivity index (χ3v) is 9.06. The minimum Gasteiger partial charge on any atom is -0.385 e. The highest BCUT2D eigenvalue weighted by molar-refractivity contribution is 5.85. The maximum Gasteiger partial charge on any atom is 0.0936 e. The molecular formula is C37H54Cl2N2O. The highest BCUT2D eigenvalue weighted by Gasteiger charge is 2.38. The molecule has 1 unspecified atom stereocenters. The number of halogens is 2. The summed E-state index contributed by atoms with van der Waals surface area (Å²) in [6.07, 6.45) is 13.5. The molecule has 0 aromatic heterocycles. The third-order valence-electron chi connectivity index (χ3n) is 9.06. The minimum atomic E-state index is -0.626. The van der Waals surface area contributed by atoms with E-state index in [1.807, 2.05) is 0 Å². The van der Waals surface area contributed by atoms with Crippen LogP contribution in [0, 0.1) is 5.92 Å². The van der Waals surface area contributed by atoms with E-state index in [0.717, 1.165) is 44.5 Å². The van der Waals surface area contributed by atoms with E-state index in [1.165, 1.54) is 75.6 Å². The number of hydrogen-bond acceptors (Lipinski definition) is 3. The fraction of sp³-hybridized carbons (Fsp3) is 0.514. The molecule has 0 amide bonds. The van der Waals surface area contributed by atoms with Crippen molar-refractivity contribution in [1.29, 1.82) is 0 Å². The summed E-state index contributed by atoms with van der Waals surface area (Å²) in [6.45, 7) is 5.72. The van der Waals surface area contributed by atoms with Gasteiger partial charge in [-0.2, -0.15) is 0 Å². The Morgan fingerprint density at radius 1 is 0.667 bits per heavy atom. The average Bonchev–Trinajstić information content (AvgIpc) is 3.04. The van der Waals surface area contributed by atoms with Gasteiger partial charge in [0.05, 0.1) is 5.60 Å². The van der Waals surface area contributed by atoms with E-state index in [0.29, 0.717) is 5.92 Å². The van der Waals surface area contributed by atoms with Crippen LogP contribution in [0.15, 0.2) is 91.0 Å². The lowest BCUT2D eigenvalue weighted by Gasteiger charge is -2.40. The summed E-state index contributed by atoms with van der Waals surface area (Å²) < 4.78 is 0. The largest absolute Gasteiger partial charge is 0.385 e. The van der Waals surface area contributed by atoms with Gasteiger partial charge in [0.15, 0.2) is 0 Å². The first-order valence-electron chi connectivity index (χ1n) is 15.9. The Labute approximate surface area is 268 Å². The molecule has 0 bridgehead atoms. The first-order chi connectivity index (χ1) is 19.6. The van der Waals surface area contributed by atoms with Crippen molar-refractivity contribution >= 4 is 24.8 Å². The lowest BCUT2D eigenvalue weighted by atomic mass is 9.71. The number of likely N-dealkylation sites (N-methyl/N-ethyl adjacent to an activating group) is 1. The normalized spacial score (nSPS) is 17.2. The van der Waals surface area contributed by atoms with Gasteiger partial charge < -0.3 is 14.9 Å². The van der Waals surface area contributed by atoms with Crippen LogP contribution in [0.3, 0.4) is 0 Å². The highest BCUT2D eigenvalue weighted by atomic mass is 35.5. The van der Waals surface area contributed by atoms with Crippen molar-refractivity contribution in [3.8, 4) is 0 Å². The van der Waals surface area contributed by atoms with Crippen LogP contribution in [-0.4, -0.2) is 54.7 Å². The molecule has 5 heteroatoms. The zero-order chi connectivity index (χ0) is 27.9. The quantitative estimate of drug-likeness (QED) is 0.235. The van der Waals surface area contributed by atoms with Crippen molar-refractivity contribution < 1.29 is 5.11 Å². The molecule has 0 radical (unpaired) electrons. The van der Waals surface area contributed by atoms with E-state index in [-0.39, 0.29) is 24.8 Å². The fourth-order valence-electron chi connectivity index (χ4n) is 6.44. The van der Waals surface area contributed by atoms with Crippen molar-refractivity contribution in [2.24, 2.45) is 5.92 Å². The summed E-state index contributed by atoms with van der Waals surface area (Å²) in [7, 11) is 2.20. The van der Waals surface area contributed by atoms with Crippen LogP contribution in [0.5, 0.6) is 0 Å². The van der Waals surface area contributed by atoms with E-state index >= 15 is 0 Å². The first kappa shape index (κ1) is 36.3. The van der Waals surface area contributed by atoms with Crippen molar-refractivity contribution in [3.05, 3.63) is 108 Å². The second-order valence-electron chi connectivity index (χ2n) is 12.1. The van der Waals surface area contributed by atoms with E-state index in [2.05, 4.69) is 108 Å². The molecule has 1 heterocycles. The fourth-order valence-corrected chi connectivity index (χ4v) is 6.44. The lowest BCUT2D eigenvalue weighted by Crippen LogP contribution is -2.41. The monoisotopic (exact) mass is 612 g/mol. The Bertz CT molecular complexity index is 1010. The number of likely N-dealkylation sites (tertiary alicyclic amines) is 1. The molecule has 1 aliphatic heterocycles. The van der Waals surface area contributed by atoms with Crippen LogP contribution in [0.4, 0.5) is 0 Å². The molecule has 1 saturated heterocycles. The number of benzene rings is 3. The molecule has 3 aromatic rings. The number of aliphatic hydroxyl groups is 1. The summed E-state index contributed by atoms with van der Waals surface area (Å²) in [4.78, 5) is 4.96. The van der Waals surface area contributed by atoms with E-state index < -0.39 is 5.60 Å². The SMILES string of the molecule is CN(CCc1ccccc1)CCc1ccccc1.Cl.Cl.OC(CCN1CCCCC1)(c1ccccc1)C1CCCCC1. The lowest BCUT2D eigenvalue weighted by molar-refractivity contribution is -0.0528. The predicted molar refractivity (Wildman–Crippen MR) is 184 cm³/mol. The topological polar surface area (TPSA) is 26.7 Å². The van der Waals surface area contributed by atoms with Crippen LogP contribution >= 0.6 is 24.8 Å². The van der Waals surface area contributed by atoms with Crippen molar-refractivity contribution in [2.45, 2.75) is 76.2 Å². The van der Waals surface area contributed by atoms with Crippen LogP contribution in [0.25, 0.3) is 0 Å². The molecular weight excluding hydrogens is 559 g/mol. The van der Waals surface area contributed by atoms with E-state index in [4.69, 9.17) is 0 Å². The summed E-state index contributed by atoms with van der Waals surface area (Å²) >= 11 is 0. The van der Waals surface area contributed by atoms with Gasteiger partial charge in [-0.15, -0.1) is 24.8 Å². The number of hydrogen-bond donors (Lipinski definition) is 1. The number of piperidine rings is 1. The molecule has 232 valence electrons. The van der Waals surface area contributed by atoms with Crippen molar-refractivity contribution in [2.75, 3.05) is 39.8 Å². The Hall–Kier alpha value is -1.88. The molecule has 2 aliphatic rings. The number of rotatable bonds is 11. The number of nitrogens with zero attached hydrogens (tertiary/aromatic N) is 2. The summed E-state index contributed by atoms with van der Waals surface area (Å²) in [6, 6.07) is 31.8. The van der Waals surface area contributed by atoms with Crippen molar-refractivity contribution in [1.82, 2.24) is 9.80 Å². The second kappa shape index (κ2) is 20.1. The average molecular weight is 614 g/mol. The maximum absolute atomic E-state index is 11.6.